The third kappa shape index (κ3) is 3.74. The molecule has 2 rings (SSSR count). The van der Waals surface area contributed by atoms with Gasteiger partial charge in [0.15, 0.2) is 0 Å². The number of carbonyl (C=O) groups is 1. The van der Waals surface area contributed by atoms with Gasteiger partial charge < -0.3 is 5.32 Å². The first-order valence-electron chi connectivity index (χ1n) is 6.26. The van der Waals surface area contributed by atoms with Crippen LogP contribution in [-0.2, 0) is 11.3 Å². The van der Waals surface area contributed by atoms with Crippen LogP contribution in [0.15, 0.2) is 24.3 Å². The highest BCUT2D eigenvalue weighted by molar-refractivity contribution is 6.31. The van der Waals surface area contributed by atoms with E-state index in [0.29, 0.717) is 23.9 Å². The maximum Gasteiger partial charge on any atom is 0.220 e. The summed E-state index contributed by atoms with van der Waals surface area (Å²) in [4.78, 5) is 11.7. The Bertz CT molecular complexity index is 386. The molecule has 0 unspecified atom stereocenters. The fourth-order valence-corrected chi connectivity index (χ4v) is 2.59. The monoisotopic (exact) mass is 251 g/mol. The number of amides is 1. The topological polar surface area (TPSA) is 29.1 Å². The lowest BCUT2D eigenvalue weighted by Gasteiger charge is -2.10. The van der Waals surface area contributed by atoms with Gasteiger partial charge in [0.1, 0.15) is 0 Å². The summed E-state index contributed by atoms with van der Waals surface area (Å²) in [7, 11) is 0. The second kappa shape index (κ2) is 6.06. The summed E-state index contributed by atoms with van der Waals surface area (Å²) in [5.41, 5.74) is 0.980. The molecule has 0 aromatic heterocycles. The molecule has 0 spiro atoms. The molecule has 1 saturated carbocycles. The number of benzene rings is 1. The molecule has 1 N–H and O–H groups in total. The van der Waals surface area contributed by atoms with Gasteiger partial charge in [-0.15, -0.1) is 0 Å². The fourth-order valence-electron chi connectivity index (χ4n) is 2.38. The molecule has 0 bridgehead atoms. The summed E-state index contributed by atoms with van der Waals surface area (Å²) in [5.74, 6) is 0.748. The van der Waals surface area contributed by atoms with Gasteiger partial charge in [0.25, 0.3) is 0 Å². The van der Waals surface area contributed by atoms with E-state index < -0.39 is 0 Å². The molecule has 92 valence electrons. The summed E-state index contributed by atoms with van der Waals surface area (Å²) in [6, 6.07) is 7.62. The first-order valence-corrected chi connectivity index (χ1v) is 6.63. The van der Waals surface area contributed by atoms with E-state index in [2.05, 4.69) is 5.32 Å². The lowest BCUT2D eigenvalue weighted by Crippen LogP contribution is -2.24. The minimum atomic E-state index is 0.150. The van der Waals surface area contributed by atoms with Gasteiger partial charge >= 0.3 is 0 Å². The van der Waals surface area contributed by atoms with Crippen LogP contribution in [0.25, 0.3) is 0 Å². The summed E-state index contributed by atoms with van der Waals surface area (Å²) in [6.45, 7) is 0.533. The van der Waals surface area contributed by atoms with Crippen LogP contribution in [0.1, 0.15) is 37.7 Å². The summed E-state index contributed by atoms with van der Waals surface area (Å²) >= 11 is 6.03. The molecule has 0 saturated heterocycles. The van der Waals surface area contributed by atoms with Crippen LogP contribution in [0.3, 0.4) is 0 Å². The zero-order valence-corrected chi connectivity index (χ0v) is 10.7. The number of hydrogen-bond acceptors (Lipinski definition) is 1. The van der Waals surface area contributed by atoms with Crippen molar-refractivity contribution in [2.24, 2.45) is 5.92 Å². The Morgan fingerprint density at radius 1 is 1.29 bits per heavy atom. The molecule has 0 aliphatic heterocycles. The Hall–Kier alpha value is -1.02. The molecular formula is C14H18ClNO. The van der Waals surface area contributed by atoms with Crippen molar-refractivity contribution in [2.75, 3.05) is 0 Å². The highest BCUT2D eigenvalue weighted by Crippen LogP contribution is 2.27. The van der Waals surface area contributed by atoms with Crippen molar-refractivity contribution in [3.05, 3.63) is 34.9 Å². The molecule has 0 radical (unpaired) electrons. The van der Waals surface area contributed by atoms with Gasteiger partial charge in [0.05, 0.1) is 0 Å². The summed E-state index contributed by atoms with van der Waals surface area (Å²) in [6.07, 6.45) is 5.65. The molecule has 1 fully saturated rings. The molecule has 0 atom stereocenters. The van der Waals surface area contributed by atoms with E-state index in [1.807, 2.05) is 24.3 Å². The minimum Gasteiger partial charge on any atom is -0.352 e. The number of nitrogens with one attached hydrogen (secondary N) is 1. The standard InChI is InChI=1S/C14H18ClNO/c15-13-8-4-3-7-12(13)10-16-14(17)9-11-5-1-2-6-11/h3-4,7-8,11H,1-2,5-6,9-10H2,(H,16,17). The highest BCUT2D eigenvalue weighted by Gasteiger charge is 2.18. The predicted molar refractivity (Wildman–Crippen MR) is 69.9 cm³/mol. The first kappa shape index (κ1) is 12.4. The Morgan fingerprint density at radius 2 is 2.00 bits per heavy atom. The van der Waals surface area contributed by atoms with E-state index in [4.69, 9.17) is 11.6 Å². The molecule has 0 heterocycles. The average Bonchev–Trinajstić information content (AvgIpc) is 2.81. The van der Waals surface area contributed by atoms with Crippen LogP contribution >= 0.6 is 11.6 Å². The molecule has 1 amide bonds. The Labute approximate surface area is 107 Å². The van der Waals surface area contributed by atoms with Crippen molar-refractivity contribution in [2.45, 2.75) is 38.6 Å². The van der Waals surface area contributed by atoms with Crippen molar-refractivity contribution in [3.63, 3.8) is 0 Å². The number of carbonyl (C=O) groups excluding carboxylic acids is 1. The number of rotatable bonds is 4. The van der Waals surface area contributed by atoms with Crippen molar-refractivity contribution in [1.29, 1.82) is 0 Å². The van der Waals surface area contributed by atoms with Crippen LogP contribution in [0.5, 0.6) is 0 Å². The minimum absolute atomic E-state index is 0.150. The quantitative estimate of drug-likeness (QED) is 0.871. The van der Waals surface area contributed by atoms with Crippen molar-refractivity contribution in [1.82, 2.24) is 5.32 Å². The van der Waals surface area contributed by atoms with Crippen LogP contribution < -0.4 is 5.32 Å². The van der Waals surface area contributed by atoms with Gasteiger partial charge in [-0.3, -0.25) is 4.79 Å². The normalized spacial score (nSPS) is 16.1. The lowest BCUT2D eigenvalue weighted by molar-refractivity contribution is -0.122. The molecule has 3 heteroatoms. The van der Waals surface area contributed by atoms with E-state index in [1.165, 1.54) is 25.7 Å². The first-order chi connectivity index (χ1) is 8.25. The van der Waals surface area contributed by atoms with Gasteiger partial charge in [-0.2, -0.15) is 0 Å². The Kier molecular flexibility index (Phi) is 4.43. The van der Waals surface area contributed by atoms with E-state index in [1.54, 1.807) is 0 Å². The van der Waals surface area contributed by atoms with Crippen LogP contribution in [0, 0.1) is 5.92 Å². The molecule has 1 aliphatic carbocycles. The number of halogens is 1. The van der Waals surface area contributed by atoms with Crippen molar-refractivity contribution < 1.29 is 4.79 Å². The van der Waals surface area contributed by atoms with Gasteiger partial charge in [-0.1, -0.05) is 42.6 Å². The van der Waals surface area contributed by atoms with Gasteiger partial charge in [-0.05, 0) is 30.4 Å². The molecule has 1 aromatic carbocycles. The summed E-state index contributed by atoms with van der Waals surface area (Å²) in [5, 5.41) is 3.66. The Balaban J connectivity index is 1.77. The number of hydrogen-bond donors (Lipinski definition) is 1. The van der Waals surface area contributed by atoms with Crippen LogP contribution in [0.2, 0.25) is 5.02 Å². The van der Waals surface area contributed by atoms with E-state index in [9.17, 15) is 4.79 Å². The lowest BCUT2D eigenvalue weighted by atomic mass is 10.0. The largest absolute Gasteiger partial charge is 0.352 e. The third-order valence-electron chi connectivity index (χ3n) is 3.38. The highest BCUT2D eigenvalue weighted by atomic mass is 35.5. The maximum atomic E-state index is 11.7. The van der Waals surface area contributed by atoms with E-state index in [-0.39, 0.29) is 5.91 Å². The Morgan fingerprint density at radius 3 is 2.71 bits per heavy atom. The van der Waals surface area contributed by atoms with Crippen LogP contribution in [0.4, 0.5) is 0 Å². The summed E-state index contributed by atoms with van der Waals surface area (Å²) < 4.78 is 0. The zero-order chi connectivity index (χ0) is 12.1. The van der Waals surface area contributed by atoms with Crippen LogP contribution in [-0.4, -0.2) is 5.91 Å². The van der Waals surface area contributed by atoms with Crippen molar-refractivity contribution >= 4 is 17.5 Å². The zero-order valence-electron chi connectivity index (χ0n) is 9.92. The average molecular weight is 252 g/mol. The maximum absolute atomic E-state index is 11.7. The molecule has 1 aliphatic rings. The molecule has 2 nitrogen and oxygen atoms in total. The molecular weight excluding hydrogens is 234 g/mol. The van der Waals surface area contributed by atoms with E-state index in [0.717, 1.165) is 5.56 Å². The smallest absolute Gasteiger partial charge is 0.220 e. The van der Waals surface area contributed by atoms with Gasteiger partial charge in [-0.25, -0.2) is 0 Å². The van der Waals surface area contributed by atoms with Crippen molar-refractivity contribution in [3.8, 4) is 0 Å². The predicted octanol–water partition coefficient (Wildman–Crippen LogP) is 3.54. The third-order valence-corrected chi connectivity index (χ3v) is 3.75. The fraction of sp³-hybridized carbons (Fsp3) is 0.500. The van der Waals surface area contributed by atoms with Gasteiger partial charge in [0.2, 0.25) is 5.91 Å². The second-order valence-corrected chi connectivity index (χ2v) is 5.13. The second-order valence-electron chi connectivity index (χ2n) is 4.72. The molecule has 17 heavy (non-hydrogen) atoms. The van der Waals surface area contributed by atoms with E-state index >= 15 is 0 Å². The van der Waals surface area contributed by atoms with Gasteiger partial charge in [0, 0.05) is 18.0 Å². The SMILES string of the molecule is O=C(CC1CCCC1)NCc1ccccc1Cl. The molecule has 1 aromatic rings.